The van der Waals surface area contributed by atoms with Gasteiger partial charge in [0, 0.05) is 10.9 Å². The van der Waals surface area contributed by atoms with Gasteiger partial charge in [0.25, 0.3) is 5.91 Å². The van der Waals surface area contributed by atoms with Crippen LogP contribution in [0.25, 0.3) is 11.1 Å². The highest BCUT2D eigenvalue weighted by Gasteiger charge is 2.43. The van der Waals surface area contributed by atoms with Gasteiger partial charge < -0.3 is 4.42 Å². The lowest BCUT2D eigenvalue weighted by Gasteiger charge is -2.33. The standard InChI is InChI=1S/C22H20ClN3O3/c23-15-4-3-5-16(12-15)26-20(27)13-18(22(26)28)25-10-8-14(9-11-25)21-24-17-6-1-2-7-19(17)29-21/h1-7,12,14,18H,8-11,13H2/t18-/m1/s1. The maximum atomic E-state index is 13.0. The molecule has 0 radical (unpaired) electrons. The van der Waals surface area contributed by atoms with Gasteiger partial charge in [0.05, 0.1) is 18.2 Å². The largest absolute Gasteiger partial charge is 0.440 e. The molecule has 0 spiro atoms. The van der Waals surface area contributed by atoms with Crippen LogP contribution in [-0.2, 0) is 9.59 Å². The molecule has 7 heteroatoms. The Balaban J connectivity index is 1.28. The molecule has 3 heterocycles. The fourth-order valence-electron chi connectivity index (χ4n) is 4.31. The number of aromatic nitrogens is 1. The second kappa shape index (κ2) is 7.28. The van der Waals surface area contributed by atoms with Gasteiger partial charge in [-0.2, -0.15) is 0 Å². The van der Waals surface area contributed by atoms with Crippen molar-refractivity contribution in [2.45, 2.75) is 31.2 Å². The molecular formula is C22H20ClN3O3. The monoisotopic (exact) mass is 409 g/mol. The van der Waals surface area contributed by atoms with Crippen LogP contribution in [-0.4, -0.2) is 40.8 Å². The molecule has 2 saturated heterocycles. The number of benzene rings is 2. The first kappa shape index (κ1) is 18.3. The van der Waals surface area contributed by atoms with E-state index < -0.39 is 6.04 Å². The fraction of sp³-hybridized carbons (Fsp3) is 0.318. The zero-order valence-corrected chi connectivity index (χ0v) is 16.5. The zero-order chi connectivity index (χ0) is 20.0. The van der Waals surface area contributed by atoms with Crippen molar-refractivity contribution in [2.24, 2.45) is 0 Å². The van der Waals surface area contributed by atoms with E-state index in [-0.39, 0.29) is 24.2 Å². The van der Waals surface area contributed by atoms with Crippen molar-refractivity contribution in [3.8, 4) is 0 Å². The van der Waals surface area contributed by atoms with Crippen LogP contribution in [0.1, 0.15) is 31.1 Å². The Morgan fingerprint density at radius 1 is 1.03 bits per heavy atom. The van der Waals surface area contributed by atoms with Crippen molar-refractivity contribution >= 4 is 40.2 Å². The number of carbonyl (C=O) groups excluding carboxylic acids is 2. The minimum Gasteiger partial charge on any atom is -0.440 e. The first-order chi connectivity index (χ1) is 14.1. The Kier molecular flexibility index (Phi) is 4.60. The topological polar surface area (TPSA) is 66.7 Å². The van der Waals surface area contributed by atoms with E-state index in [0.29, 0.717) is 10.7 Å². The molecule has 2 amide bonds. The van der Waals surface area contributed by atoms with E-state index in [9.17, 15) is 9.59 Å². The highest BCUT2D eigenvalue weighted by molar-refractivity contribution is 6.31. The van der Waals surface area contributed by atoms with Gasteiger partial charge in [-0.15, -0.1) is 0 Å². The number of likely N-dealkylation sites (tertiary alicyclic amines) is 1. The number of nitrogens with zero attached hydrogens (tertiary/aromatic N) is 3. The lowest BCUT2D eigenvalue weighted by Crippen LogP contribution is -2.45. The Labute approximate surface area is 173 Å². The number of anilines is 1. The molecule has 3 aromatic rings. The van der Waals surface area contributed by atoms with Gasteiger partial charge in [0.1, 0.15) is 5.52 Å². The molecule has 0 saturated carbocycles. The number of amides is 2. The molecule has 1 atom stereocenters. The molecule has 0 unspecified atom stereocenters. The summed E-state index contributed by atoms with van der Waals surface area (Å²) in [5.41, 5.74) is 2.22. The van der Waals surface area contributed by atoms with Crippen LogP contribution in [0, 0.1) is 0 Å². The van der Waals surface area contributed by atoms with Crippen LogP contribution < -0.4 is 4.90 Å². The number of fused-ring (bicyclic) bond motifs is 1. The maximum absolute atomic E-state index is 13.0. The molecule has 0 N–H and O–H groups in total. The van der Waals surface area contributed by atoms with E-state index in [0.717, 1.165) is 42.9 Å². The van der Waals surface area contributed by atoms with Crippen LogP contribution in [0.15, 0.2) is 52.9 Å². The summed E-state index contributed by atoms with van der Waals surface area (Å²) < 4.78 is 5.92. The fourth-order valence-corrected chi connectivity index (χ4v) is 4.49. The molecule has 2 aliphatic rings. The first-order valence-electron chi connectivity index (χ1n) is 9.82. The predicted molar refractivity (Wildman–Crippen MR) is 110 cm³/mol. The van der Waals surface area contributed by atoms with Crippen LogP contribution in [0.2, 0.25) is 5.02 Å². The number of halogens is 1. The van der Waals surface area contributed by atoms with Gasteiger partial charge in [-0.1, -0.05) is 29.8 Å². The number of para-hydroxylation sites is 2. The molecule has 148 valence electrons. The predicted octanol–water partition coefficient (Wildman–Crippen LogP) is 3.99. The second-order valence-corrected chi connectivity index (χ2v) is 8.03. The van der Waals surface area contributed by atoms with E-state index in [1.807, 2.05) is 24.3 Å². The molecule has 6 nitrogen and oxygen atoms in total. The summed E-state index contributed by atoms with van der Waals surface area (Å²) in [6.07, 6.45) is 1.91. The van der Waals surface area contributed by atoms with Gasteiger partial charge in [0.2, 0.25) is 5.91 Å². The molecule has 2 aliphatic heterocycles. The van der Waals surface area contributed by atoms with Crippen molar-refractivity contribution in [3.05, 3.63) is 59.4 Å². The average molecular weight is 410 g/mol. The highest BCUT2D eigenvalue weighted by Crippen LogP contribution is 2.33. The molecule has 2 fully saturated rings. The Bertz CT molecular complexity index is 1050. The third kappa shape index (κ3) is 3.32. The van der Waals surface area contributed by atoms with Gasteiger partial charge in [-0.25, -0.2) is 9.88 Å². The molecule has 1 aromatic heterocycles. The van der Waals surface area contributed by atoms with Gasteiger partial charge in [-0.05, 0) is 56.3 Å². The number of piperidine rings is 1. The molecular weight excluding hydrogens is 390 g/mol. The van der Waals surface area contributed by atoms with E-state index >= 15 is 0 Å². The summed E-state index contributed by atoms with van der Waals surface area (Å²) in [6.45, 7) is 1.47. The van der Waals surface area contributed by atoms with E-state index in [2.05, 4.69) is 9.88 Å². The Morgan fingerprint density at radius 2 is 1.83 bits per heavy atom. The van der Waals surface area contributed by atoms with Crippen molar-refractivity contribution in [3.63, 3.8) is 0 Å². The lowest BCUT2D eigenvalue weighted by molar-refractivity contribution is -0.123. The molecule has 0 bridgehead atoms. The summed E-state index contributed by atoms with van der Waals surface area (Å²) in [7, 11) is 0. The van der Waals surface area contributed by atoms with Crippen LogP contribution in [0.4, 0.5) is 5.69 Å². The number of hydrogen-bond donors (Lipinski definition) is 0. The Morgan fingerprint density at radius 3 is 2.59 bits per heavy atom. The average Bonchev–Trinajstić information content (AvgIpc) is 3.29. The first-order valence-corrected chi connectivity index (χ1v) is 10.2. The minimum atomic E-state index is -0.411. The highest BCUT2D eigenvalue weighted by atomic mass is 35.5. The number of imide groups is 1. The van der Waals surface area contributed by atoms with Gasteiger partial charge in [0.15, 0.2) is 11.5 Å². The smallest absolute Gasteiger partial charge is 0.251 e. The van der Waals surface area contributed by atoms with Crippen LogP contribution in [0.3, 0.4) is 0 Å². The van der Waals surface area contributed by atoms with E-state index in [1.165, 1.54) is 4.90 Å². The summed E-state index contributed by atoms with van der Waals surface area (Å²) in [6, 6.07) is 14.2. The number of rotatable bonds is 3. The molecule has 5 rings (SSSR count). The van der Waals surface area contributed by atoms with Crippen molar-refractivity contribution in [2.75, 3.05) is 18.0 Å². The number of carbonyl (C=O) groups is 2. The quantitative estimate of drug-likeness (QED) is 0.612. The summed E-state index contributed by atoms with van der Waals surface area (Å²) in [5, 5.41) is 0.505. The summed E-state index contributed by atoms with van der Waals surface area (Å²) in [4.78, 5) is 33.5. The molecule has 2 aromatic carbocycles. The van der Waals surface area contributed by atoms with Crippen LogP contribution >= 0.6 is 11.6 Å². The number of oxazole rings is 1. The Hall–Kier alpha value is -2.70. The summed E-state index contributed by atoms with van der Waals surface area (Å²) >= 11 is 6.03. The SMILES string of the molecule is O=C1C[C@@H](N2CCC(c3nc4ccccc4o3)CC2)C(=O)N1c1cccc(Cl)c1. The second-order valence-electron chi connectivity index (χ2n) is 7.60. The van der Waals surface area contributed by atoms with Crippen molar-refractivity contribution in [1.29, 1.82) is 0 Å². The van der Waals surface area contributed by atoms with Crippen LogP contribution in [0.5, 0.6) is 0 Å². The van der Waals surface area contributed by atoms with E-state index in [4.69, 9.17) is 16.0 Å². The van der Waals surface area contributed by atoms with Crippen molar-refractivity contribution < 1.29 is 14.0 Å². The maximum Gasteiger partial charge on any atom is 0.251 e. The van der Waals surface area contributed by atoms with Crippen molar-refractivity contribution in [1.82, 2.24) is 9.88 Å². The molecule has 0 aliphatic carbocycles. The van der Waals surface area contributed by atoms with Gasteiger partial charge >= 0.3 is 0 Å². The third-order valence-electron chi connectivity index (χ3n) is 5.82. The lowest BCUT2D eigenvalue weighted by atomic mass is 9.95. The normalized spacial score (nSPS) is 21.4. The third-order valence-corrected chi connectivity index (χ3v) is 6.05. The molecule has 29 heavy (non-hydrogen) atoms. The zero-order valence-electron chi connectivity index (χ0n) is 15.8. The summed E-state index contributed by atoms with van der Waals surface area (Å²) in [5.74, 6) is 0.649. The number of hydrogen-bond acceptors (Lipinski definition) is 5. The van der Waals surface area contributed by atoms with Gasteiger partial charge in [-0.3, -0.25) is 14.5 Å². The van der Waals surface area contributed by atoms with E-state index in [1.54, 1.807) is 24.3 Å². The minimum absolute atomic E-state index is 0.169.